The molecule has 0 saturated heterocycles. The van der Waals surface area contributed by atoms with Crippen LogP contribution in [0.15, 0.2) is 17.4 Å². The summed E-state index contributed by atoms with van der Waals surface area (Å²) in [5, 5.41) is 7.22. The lowest BCUT2D eigenvalue weighted by Crippen LogP contribution is -2.06. The first-order valence-electron chi connectivity index (χ1n) is 2.92. The molecule has 0 amide bonds. The Labute approximate surface area is 72.3 Å². The number of hydrogen-bond acceptors (Lipinski definition) is 5. The van der Waals surface area contributed by atoms with E-state index in [1.165, 1.54) is 0 Å². The molecule has 1 heterocycles. The molecule has 70 valence electrons. The third kappa shape index (κ3) is 2.18. The van der Waals surface area contributed by atoms with Crippen molar-refractivity contribution in [2.45, 2.75) is 5.16 Å². The molecule has 0 fully saturated rings. The van der Waals surface area contributed by atoms with E-state index in [2.05, 4.69) is 9.97 Å². The fourth-order valence-corrected chi connectivity index (χ4v) is 0.972. The Kier molecular flexibility index (Phi) is 2.24. The van der Waals surface area contributed by atoms with E-state index in [0.717, 1.165) is 12.3 Å². The van der Waals surface area contributed by atoms with Crippen molar-refractivity contribution in [3.63, 3.8) is 0 Å². The van der Waals surface area contributed by atoms with Gasteiger partial charge in [-0.05, 0) is 6.07 Å². The van der Waals surface area contributed by atoms with Gasteiger partial charge in [0.1, 0.15) is 0 Å². The Morgan fingerprint density at radius 1 is 1.54 bits per heavy atom. The number of halogens is 1. The van der Waals surface area contributed by atoms with E-state index in [1.54, 1.807) is 0 Å². The van der Waals surface area contributed by atoms with Crippen molar-refractivity contribution in [1.82, 2.24) is 9.97 Å². The molecule has 1 aromatic rings. The zero-order chi connectivity index (χ0) is 10.1. The summed E-state index contributed by atoms with van der Waals surface area (Å²) in [5.41, 5.74) is -0.578. The van der Waals surface area contributed by atoms with Crippen molar-refractivity contribution in [3.05, 3.63) is 18.0 Å². The van der Waals surface area contributed by atoms with Gasteiger partial charge in [0.05, 0.1) is 0 Å². The molecule has 0 spiro atoms. The first-order valence-corrected chi connectivity index (χ1v) is 4.30. The molecule has 0 unspecified atom stereocenters. The second-order valence-corrected chi connectivity index (χ2v) is 3.21. The van der Waals surface area contributed by atoms with Crippen LogP contribution in [0.4, 0.5) is 3.89 Å². The van der Waals surface area contributed by atoms with Crippen LogP contribution in [-0.2, 0) is 10.2 Å². The molecule has 0 aromatic carbocycles. The van der Waals surface area contributed by atoms with Gasteiger partial charge in [-0.1, -0.05) is 3.89 Å². The van der Waals surface area contributed by atoms with Crippen LogP contribution >= 0.6 is 0 Å². The second-order valence-electron chi connectivity index (χ2n) is 1.97. The Morgan fingerprint density at radius 2 is 2.15 bits per heavy atom. The molecule has 8 heteroatoms. The summed E-state index contributed by atoms with van der Waals surface area (Å²) in [7, 11) is -5.04. The number of carbonyl (C=O) groups is 1. The van der Waals surface area contributed by atoms with E-state index in [9.17, 15) is 17.1 Å². The van der Waals surface area contributed by atoms with Gasteiger partial charge < -0.3 is 5.11 Å². The molecule has 0 radical (unpaired) electrons. The number of aromatic carboxylic acids is 1. The Balaban J connectivity index is 3.29. The lowest BCUT2D eigenvalue weighted by Gasteiger charge is -1.94. The molecule has 6 nitrogen and oxygen atoms in total. The van der Waals surface area contributed by atoms with Crippen molar-refractivity contribution in [2.75, 3.05) is 0 Å². The minimum absolute atomic E-state index is 0.578. The third-order valence-corrected chi connectivity index (χ3v) is 1.70. The average molecular weight is 206 g/mol. The Morgan fingerprint density at radius 3 is 2.62 bits per heavy atom. The highest BCUT2D eigenvalue weighted by molar-refractivity contribution is 7.86. The molecular weight excluding hydrogens is 203 g/mol. The zero-order valence-corrected chi connectivity index (χ0v) is 6.82. The van der Waals surface area contributed by atoms with Gasteiger partial charge >= 0.3 is 16.2 Å². The highest BCUT2D eigenvalue weighted by Gasteiger charge is 2.17. The highest BCUT2D eigenvalue weighted by Crippen LogP contribution is 2.05. The first kappa shape index (κ1) is 9.52. The standard InChI is InChI=1S/C5H3FN2O4S/c6-13(11,12)5-7-2-1-3(8-5)4(9)10/h1-2H,(H,9,10). The van der Waals surface area contributed by atoms with Crippen molar-refractivity contribution >= 4 is 16.2 Å². The number of aromatic nitrogens is 2. The van der Waals surface area contributed by atoms with Gasteiger partial charge in [0.2, 0.25) is 0 Å². The van der Waals surface area contributed by atoms with E-state index < -0.39 is 27.0 Å². The number of nitrogens with zero attached hydrogens (tertiary/aromatic N) is 2. The van der Waals surface area contributed by atoms with Gasteiger partial charge in [0.15, 0.2) is 5.69 Å². The van der Waals surface area contributed by atoms with Crippen LogP contribution in [-0.4, -0.2) is 29.5 Å². The second kappa shape index (κ2) is 3.05. The molecular formula is C5H3FN2O4S. The van der Waals surface area contributed by atoms with Gasteiger partial charge in [-0.15, -0.1) is 0 Å². The normalized spacial score (nSPS) is 11.2. The lowest BCUT2D eigenvalue weighted by molar-refractivity contribution is 0.0689. The maximum absolute atomic E-state index is 12.2. The minimum atomic E-state index is -5.04. The fourth-order valence-electron chi connectivity index (χ4n) is 0.577. The molecule has 1 aromatic heterocycles. The topological polar surface area (TPSA) is 97.2 Å². The Bertz CT molecular complexity index is 444. The summed E-state index contributed by atoms with van der Waals surface area (Å²) in [6, 6.07) is 0.955. The summed E-state index contributed by atoms with van der Waals surface area (Å²) in [4.78, 5) is 16.3. The van der Waals surface area contributed by atoms with Gasteiger partial charge in [0.25, 0.3) is 5.16 Å². The van der Waals surface area contributed by atoms with Gasteiger partial charge in [-0.3, -0.25) is 0 Å². The van der Waals surface area contributed by atoms with Crippen molar-refractivity contribution < 1.29 is 22.2 Å². The van der Waals surface area contributed by atoms with E-state index in [0.29, 0.717) is 0 Å². The summed E-state index contributed by atoms with van der Waals surface area (Å²) >= 11 is 0. The summed E-state index contributed by atoms with van der Waals surface area (Å²) in [6.45, 7) is 0. The monoisotopic (exact) mass is 206 g/mol. The molecule has 1 N–H and O–H groups in total. The summed E-state index contributed by atoms with van der Waals surface area (Å²) in [5.74, 6) is -1.45. The smallest absolute Gasteiger partial charge is 0.368 e. The van der Waals surface area contributed by atoms with Gasteiger partial charge in [-0.2, -0.15) is 8.42 Å². The first-order chi connectivity index (χ1) is 5.91. The minimum Gasteiger partial charge on any atom is -0.477 e. The molecule has 0 aliphatic carbocycles. The largest absolute Gasteiger partial charge is 0.477 e. The fraction of sp³-hybridized carbons (Fsp3) is 0. The predicted octanol–water partition coefficient (Wildman–Crippen LogP) is -0.167. The van der Waals surface area contributed by atoms with Crippen LogP contribution in [0.5, 0.6) is 0 Å². The molecule has 1 rings (SSSR count). The maximum atomic E-state index is 12.2. The quantitative estimate of drug-likeness (QED) is 0.533. The number of carboxylic acids is 1. The van der Waals surface area contributed by atoms with Crippen LogP contribution in [0.1, 0.15) is 10.5 Å². The number of rotatable bonds is 2. The molecule has 0 saturated carbocycles. The number of hydrogen-bond donors (Lipinski definition) is 1. The summed E-state index contributed by atoms with van der Waals surface area (Å²) < 4.78 is 32.7. The Hall–Kier alpha value is -1.57. The van der Waals surface area contributed by atoms with Crippen LogP contribution in [0.3, 0.4) is 0 Å². The zero-order valence-electron chi connectivity index (χ0n) is 6.01. The lowest BCUT2D eigenvalue weighted by atomic mass is 10.4. The van der Waals surface area contributed by atoms with E-state index in [-0.39, 0.29) is 0 Å². The van der Waals surface area contributed by atoms with Crippen LogP contribution in [0.2, 0.25) is 0 Å². The van der Waals surface area contributed by atoms with E-state index in [4.69, 9.17) is 5.11 Å². The molecule has 0 aliphatic rings. The molecule has 0 bridgehead atoms. The van der Waals surface area contributed by atoms with Gasteiger partial charge in [0, 0.05) is 6.20 Å². The average Bonchev–Trinajstić information content (AvgIpc) is 2.03. The third-order valence-electron chi connectivity index (χ3n) is 1.07. The molecule has 0 aliphatic heterocycles. The van der Waals surface area contributed by atoms with Crippen molar-refractivity contribution in [1.29, 1.82) is 0 Å². The maximum Gasteiger partial charge on any atom is 0.368 e. The predicted molar refractivity (Wildman–Crippen MR) is 37.3 cm³/mol. The molecule has 0 atom stereocenters. The van der Waals surface area contributed by atoms with Crippen molar-refractivity contribution in [3.8, 4) is 0 Å². The molecule has 13 heavy (non-hydrogen) atoms. The van der Waals surface area contributed by atoms with E-state index in [1.807, 2.05) is 0 Å². The van der Waals surface area contributed by atoms with Crippen LogP contribution in [0, 0.1) is 0 Å². The van der Waals surface area contributed by atoms with E-state index >= 15 is 0 Å². The number of carboxylic acid groups (broad SMARTS) is 1. The highest BCUT2D eigenvalue weighted by atomic mass is 32.3. The van der Waals surface area contributed by atoms with Crippen LogP contribution in [0.25, 0.3) is 0 Å². The SMILES string of the molecule is O=C(O)c1ccnc(S(=O)(=O)F)n1. The van der Waals surface area contributed by atoms with Crippen LogP contribution < -0.4 is 0 Å². The van der Waals surface area contributed by atoms with Gasteiger partial charge in [-0.25, -0.2) is 14.8 Å². The summed E-state index contributed by atoms with van der Waals surface area (Å²) in [6.07, 6.45) is 0.850. The van der Waals surface area contributed by atoms with Crippen molar-refractivity contribution in [2.24, 2.45) is 0 Å².